The highest BCUT2D eigenvalue weighted by atomic mass is 79.9. The highest BCUT2D eigenvalue weighted by Crippen LogP contribution is 2.34. The fourth-order valence-corrected chi connectivity index (χ4v) is 2.78. The van der Waals surface area contributed by atoms with Crippen molar-refractivity contribution in [3.63, 3.8) is 0 Å². The zero-order valence-electron chi connectivity index (χ0n) is 8.34. The molecule has 1 aromatic carbocycles. The third-order valence-corrected chi connectivity index (χ3v) is 3.97. The van der Waals surface area contributed by atoms with Crippen LogP contribution in [0, 0.1) is 5.82 Å². The minimum atomic E-state index is -0.309. The lowest BCUT2D eigenvalue weighted by Gasteiger charge is -2.08. The van der Waals surface area contributed by atoms with Crippen molar-refractivity contribution in [3.8, 4) is 0 Å². The van der Waals surface area contributed by atoms with Gasteiger partial charge in [0.25, 0.3) is 0 Å². The molecular formula is C12H9BrFNS. The van der Waals surface area contributed by atoms with E-state index in [1.165, 1.54) is 12.1 Å². The van der Waals surface area contributed by atoms with Gasteiger partial charge in [0.1, 0.15) is 5.82 Å². The molecule has 0 fully saturated rings. The van der Waals surface area contributed by atoms with E-state index in [9.17, 15) is 4.39 Å². The van der Waals surface area contributed by atoms with Gasteiger partial charge in [0.05, 0.1) is 3.79 Å². The fraction of sp³-hybridized carbons (Fsp3) is 0. The lowest BCUT2D eigenvalue weighted by molar-refractivity contribution is 0.627. The molecule has 1 heterocycles. The van der Waals surface area contributed by atoms with Crippen LogP contribution in [0.1, 0.15) is 11.1 Å². The molecule has 0 unspecified atom stereocenters. The summed E-state index contributed by atoms with van der Waals surface area (Å²) in [4.78, 5) is 0. The molecule has 16 heavy (non-hydrogen) atoms. The second kappa shape index (κ2) is 4.39. The molecular weight excluding hydrogens is 289 g/mol. The summed E-state index contributed by atoms with van der Waals surface area (Å²) in [7, 11) is 0. The maximum atomic E-state index is 13.1. The molecule has 2 aromatic rings. The number of hydrogen-bond acceptors (Lipinski definition) is 2. The SMILES string of the molecule is C=C(c1cc(F)ccc1N)c1ccsc1Br. The summed E-state index contributed by atoms with van der Waals surface area (Å²) in [5.41, 5.74) is 8.65. The molecule has 0 spiro atoms. The Morgan fingerprint density at radius 3 is 2.69 bits per heavy atom. The molecule has 2 N–H and O–H groups in total. The molecule has 0 amide bonds. The molecule has 0 saturated carbocycles. The molecule has 0 radical (unpaired) electrons. The van der Waals surface area contributed by atoms with E-state index in [1.807, 2.05) is 11.4 Å². The lowest BCUT2D eigenvalue weighted by Crippen LogP contribution is -1.95. The molecule has 0 atom stereocenters. The van der Waals surface area contributed by atoms with E-state index in [4.69, 9.17) is 5.73 Å². The zero-order valence-corrected chi connectivity index (χ0v) is 10.7. The van der Waals surface area contributed by atoms with Crippen LogP contribution in [0.2, 0.25) is 0 Å². The molecule has 0 aliphatic rings. The number of thiophene rings is 1. The van der Waals surface area contributed by atoms with Crippen LogP contribution < -0.4 is 5.73 Å². The first-order valence-electron chi connectivity index (χ1n) is 4.57. The summed E-state index contributed by atoms with van der Waals surface area (Å²) < 4.78 is 14.1. The van der Waals surface area contributed by atoms with Crippen molar-refractivity contribution in [2.24, 2.45) is 0 Å². The van der Waals surface area contributed by atoms with Gasteiger partial charge in [-0.15, -0.1) is 11.3 Å². The van der Waals surface area contributed by atoms with Crippen LogP contribution in [-0.4, -0.2) is 0 Å². The largest absolute Gasteiger partial charge is 0.398 e. The zero-order chi connectivity index (χ0) is 11.7. The van der Waals surface area contributed by atoms with Crippen LogP contribution in [0.5, 0.6) is 0 Å². The first kappa shape index (κ1) is 11.4. The van der Waals surface area contributed by atoms with Gasteiger partial charge in [0.15, 0.2) is 0 Å². The third kappa shape index (κ3) is 2.03. The van der Waals surface area contributed by atoms with Crippen molar-refractivity contribution < 1.29 is 4.39 Å². The van der Waals surface area contributed by atoms with E-state index < -0.39 is 0 Å². The van der Waals surface area contributed by atoms with E-state index in [1.54, 1.807) is 17.4 Å². The number of hydrogen-bond donors (Lipinski definition) is 1. The summed E-state index contributed by atoms with van der Waals surface area (Å²) >= 11 is 4.99. The van der Waals surface area contributed by atoms with E-state index >= 15 is 0 Å². The molecule has 0 saturated heterocycles. The smallest absolute Gasteiger partial charge is 0.123 e. The van der Waals surface area contributed by atoms with Crippen molar-refractivity contribution >= 4 is 38.5 Å². The Bertz CT molecular complexity index is 548. The Kier molecular flexibility index (Phi) is 3.12. The van der Waals surface area contributed by atoms with Crippen LogP contribution >= 0.6 is 27.3 Å². The highest BCUT2D eigenvalue weighted by Gasteiger charge is 2.11. The van der Waals surface area contributed by atoms with Gasteiger partial charge in [-0.1, -0.05) is 6.58 Å². The van der Waals surface area contributed by atoms with Gasteiger partial charge in [0, 0.05) is 16.8 Å². The number of halogens is 2. The van der Waals surface area contributed by atoms with E-state index in [0.29, 0.717) is 11.3 Å². The molecule has 4 heteroatoms. The summed E-state index contributed by atoms with van der Waals surface area (Å²) in [6, 6.07) is 6.23. The number of nitrogens with two attached hydrogens (primary N) is 1. The first-order valence-corrected chi connectivity index (χ1v) is 6.24. The molecule has 82 valence electrons. The predicted molar refractivity (Wildman–Crippen MR) is 71.0 cm³/mol. The van der Waals surface area contributed by atoms with Crippen LogP contribution in [-0.2, 0) is 0 Å². The maximum absolute atomic E-state index is 13.1. The number of anilines is 1. The van der Waals surface area contributed by atoms with E-state index in [-0.39, 0.29) is 5.82 Å². The molecule has 2 rings (SSSR count). The summed E-state index contributed by atoms with van der Waals surface area (Å²) in [5.74, 6) is -0.309. The molecule has 0 aliphatic carbocycles. The van der Waals surface area contributed by atoms with E-state index in [2.05, 4.69) is 22.5 Å². The second-order valence-electron chi connectivity index (χ2n) is 3.32. The Hall–Kier alpha value is -1.13. The molecule has 1 nitrogen and oxygen atoms in total. The van der Waals surface area contributed by atoms with Gasteiger partial charge < -0.3 is 5.73 Å². The lowest BCUT2D eigenvalue weighted by atomic mass is 10.0. The normalized spacial score (nSPS) is 10.4. The first-order chi connectivity index (χ1) is 7.59. The van der Waals surface area contributed by atoms with Gasteiger partial charge in [-0.05, 0) is 51.1 Å². The van der Waals surface area contributed by atoms with Gasteiger partial charge in [0.2, 0.25) is 0 Å². The Balaban J connectivity index is 2.49. The quantitative estimate of drug-likeness (QED) is 0.822. The fourth-order valence-electron chi connectivity index (χ4n) is 1.44. The summed E-state index contributed by atoms with van der Waals surface area (Å²) in [5, 5.41) is 1.94. The van der Waals surface area contributed by atoms with Gasteiger partial charge in [-0.2, -0.15) is 0 Å². The number of rotatable bonds is 2. The summed E-state index contributed by atoms with van der Waals surface area (Å²) in [6.07, 6.45) is 0. The molecule has 1 aromatic heterocycles. The number of nitrogen functional groups attached to an aromatic ring is 1. The molecule has 0 aliphatic heterocycles. The standard InChI is InChI=1S/C12H9BrFNS/c1-7(9-4-5-16-12(9)13)10-6-8(14)2-3-11(10)15/h2-6H,1,15H2. The minimum Gasteiger partial charge on any atom is -0.398 e. The van der Waals surface area contributed by atoms with Crippen LogP contribution in [0.15, 0.2) is 40.0 Å². The Morgan fingerprint density at radius 2 is 2.06 bits per heavy atom. The second-order valence-corrected chi connectivity index (χ2v) is 5.55. The average molecular weight is 298 g/mol. The minimum absolute atomic E-state index is 0.309. The van der Waals surface area contributed by atoms with Gasteiger partial charge in [-0.3, -0.25) is 0 Å². The van der Waals surface area contributed by atoms with Gasteiger partial charge in [-0.25, -0.2) is 4.39 Å². The highest BCUT2D eigenvalue weighted by molar-refractivity contribution is 9.11. The third-order valence-electron chi connectivity index (χ3n) is 2.28. The van der Waals surface area contributed by atoms with Crippen molar-refractivity contribution in [2.75, 3.05) is 5.73 Å². The summed E-state index contributed by atoms with van der Waals surface area (Å²) in [6.45, 7) is 3.96. The van der Waals surface area contributed by atoms with E-state index in [0.717, 1.165) is 14.9 Å². The van der Waals surface area contributed by atoms with Crippen molar-refractivity contribution in [3.05, 3.63) is 57.0 Å². The van der Waals surface area contributed by atoms with Crippen molar-refractivity contribution in [1.82, 2.24) is 0 Å². The maximum Gasteiger partial charge on any atom is 0.123 e. The van der Waals surface area contributed by atoms with Crippen molar-refractivity contribution in [2.45, 2.75) is 0 Å². The van der Waals surface area contributed by atoms with Crippen LogP contribution in [0.3, 0.4) is 0 Å². The van der Waals surface area contributed by atoms with Crippen LogP contribution in [0.25, 0.3) is 5.57 Å². The Morgan fingerprint density at radius 1 is 1.31 bits per heavy atom. The van der Waals surface area contributed by atoms with Crippen LogP contribution in [0.4, 0.5) is 10.1 Å². The Labute approximate surface area is 106 Å². The molecule has 0 bridgehead atoms. The van der Waals surface area contributed by atoms with Crippen molar-refractivity contribution in [1.29, 1.82) is 0 Å². The predicted octanol–water partition coefficient (Wildman–Crippen LogP) is 4.29. The van der Waals surface area contributed by atoms with Gasteiger partial charge >= 0.3 is 0 Å². The monoisotopic (exact) mass is 297 g/mol. The number of benzene rings is 1. The average Bonchev–Trinajstić information content (AvgIpc) is 2.67. The topological polar surface area (TPSA) is 26.0 Å².